The summed E-state index contributed by atoms with van der Waals surface area (Å²) >= 11 is 6.32. The maximum Gasteiger partial charge on any atom is 0.261 e. The average Bonchev–Trinajstić information content (AvgIpc) is 2.90. The summed E-state index contributed by atoms with van der Waals surface area (Å²) in [5.41, 5.74) is 2.85. The van der Waals surface area contributed by atoms with Gasteiger partial charge in [-0.25, -0.2) is 8.42 Å². The molecule has 194 valence electrons. The highest BCUT2D eigenvalue weighted by Gasteiger charge is 2.19. The van der Waals surface area contributed by atoms with Crippen molar-refractivity contribution in [3.05, 3.63) is 124 Å². The Bertz CT molecular complexity index is 1570. The van der Waals surface area contributed by atoms with Gasteiger partial charge in [0.05, 0.1) is 32.9 Å². The van der Waals surface area contributed by atoms with Crippen molar-refractivity contribution in [1.82, 2.24) is 5.32 Å². The summed E-state index contributed by atoms with van der Waals surface area (Å²) in [4.78, 5) is 26.1. The molecule has 0 saturated heterocycles. The van der Waals surface area contributed by atoms with Gasteiger partial charge in [0.25, 0.3) is 21.8 Å². The summed E-state index contributed by atoms with van der Waals surface area (Å²) in [6.07, 6.45) is 0. The minimum atomic E-state index is -3.86. The maximum atomic E-state index is 13.0. The lowest BCUT2D eigenvalue weighted by atomic mass is 10.1. The van der Waals surface area contributed by atoms with Crippen molar-refractivity contribution in [3.8, 4) is 0 Å². The molecule has 0 aliphatic heterocycles. The van der Waals surface area contributed by atoms with Gasteiger partial charge in [0.1, 0.15) is 0 Å². The van der Waals surface area contributed by atoms with Gasteiger partial charge in [-0.1, -0.05) is 71.8 Å². The summed E-state index contributed by atoms with van der Waals surface area (Å²) < 4.78 is 27.9. The molecule has 9 heteroatoms. The minimum Gasteiger partial charge on any atom is -0.345 e. The Balaban J connectivity index is 1.48. The molecule has 4 rings (SSSR count). The molecule has 0 fully saturated rings. The van der Waals surface area contributed by atoms with Crippen LogP contribution in [0.15, 0.2) is 102 Å². The molecule has 0 spiro atoms. The predicted molar refractivity (Wildman–Crippen MR) is 150 cm³/mol. The molecule has 4 aromatic rings. The van der Waals surface area contributed by atoms with Crippen molar-refractivity contribution in [2.24, 2.45) is 0 Å². The number of anilines is 2. The number of rotatable bonds is 8. The van der Waals surface area contributed by atoms with E-state index in [1.54, 1.807) is 36.4 Å². The molecule has 4 aromatic carbocycles. The lowest BCUT2D eigenvalue weighted by Crippen LogP contribution is -2.28. The first-order valence-corrected chi connectivity index (χ1v) is 13.7. The molecule has 7 nitrogen and oxygen atoms in total. The Morgan fingerprint density at radius 2 is 1.45 bits per heavy atom. The normalized spacial score (nSPS) is 11.9. The molecule has 38 heavy (non-hydrogen) atoms. The molecule has 1 atom stereocenters. The summed E-state index contributed by atoms with van der Waals surface area (Å²) in [6.45, 7) is 3.74. The fraction of sp³-hybridized carbons (Fsp3) is 0.103. The largest absolute Gasteiger partial charge is 0.345 e. The van der Waals surface area contributed by atoms with E-state index in [0.717, 1.165) is 11.1 Å². The van der Waals surface area contributed by atoms with Crippen molar-refractivity contribution in [2.75, 3.05) is 10.0 Å². The van der Waals surface area contributed by atoms with Gasteiger partial charge in [-0.15, -0.1) is 0 Å². The van der Waals surface area contributed by atoms with E-state index >= 15 is 0 Å². The number of nitrogens with one attached hydrogen (secondary N) is 3. The number of carbonyl (C=O) groups is 2. The van der Waals surface area contributed by atoms with Gasteiger partial charge in [0, 0.05) is 5.56 Å². The van der Waals surface area contributed by atoms with Crippen LogP contribution in [0.2, 0.25) is 5.02 Å². The second kappa shape index (κ2) is 11.5. The SMILES string of the molecule is Cc1ccc(S(=O)(=O)Nc2ccc(C(=O)Nc3ccccc3C(=O)N[C@@H](C)c3ccccc3)cc2Cl)cc1. The Labute approximate surface area is 226 Å². The second-order valence-electron chi connectivity index (χ2n) is 8.72. The topological polar surface area (TPSA) is 104 Å². The standard InChI is InChI=1S/C29H26ClN3O4S/c1-19-12-15-23(16-13-19)38(36,37)33-27-17-14-22(18-25(27)30)28(34)32-26-11-7-6-10-24(26)29(35)31-20(2)21-8-4-3-5-9-21/h3-18,20,33H,1-2H3,(H,31,35)(H,32,34)/t20-/m0/s1. The van der Waals surface area contributed by atoms with Crippen LogP contribution in [-0.4, -0.2) is 20.2 Å². The molecule has 0 bridgehead atoms. The van der Waals surface area contributed by atoms with Gasteiger partial charge in [0.15, 0.2) is 0 Å². The second-order valence-corrected chi connectivity index (χ2v) is 10.8. The fourth-order valence-corrected chi connectivity index (χ4v) is 5.11. The van der Waals surface area contributed by atoms with E-state index in [1.165, 1.54) is 30.3 Å². The van der Waals surface area contributed by atoms with Crippen LogP contribution in [0.1, 0.15) is 44.8 Å². The van der Waals surface area contributed by atoms with E-state index in [4.69, 9.17) is 11.6 Å². The first-order chi connectivity index (χ1) is 18.1. The molecular formula is C29H26ClN3O4S. The smallest absolute Gasteiger partial charge is 0.261 e. The van der Waals surface area contributed by atoms with Crippen LogP contribution < -0.4 is 15.4 Å². The molecule has 0 saturated carbocycles. The lowest BCUT2D eigenvalue weighted by molar-refractivity contribution is 0.0940. The van der Waals surface area contributed by atoms with Crippen LogP contribution in [0.25, 0.3) is 0 Å². The Kier molecular flexibility index (Phi) is 8.14. The zero-order valence-electron chi connectivity index (χ0n) is 20.7. The van der Waals surface area contributed by atoms with Gasteiger partial charge in [-0.2, -0.15) is 0 Å². The molecule has 3 N–H and O–H groups in total. The molecule has 0 aliphatic carbocycles. The van der Waals surface area contributed by atoms with Crippen LogP contribution in [0.5, 0.6) is 0 Å². The number of sulfonamides is 1. The third-order valence-electron chi connectivity index (χ3n) is 5.87. The van der Waals surface area contributed by atoms with Crippen molar-refractivity contribution >= 4 is 44.8 Å². The lowest BCUT2D eigenvalue weighted by Gasteiger charge is -2.16. The first kappa shape index (κ1) is 26.9. The molecule has 0 radical (unpaired) electrons. The highest BCUT2D eigenvalue weighted by atomic mass is 35.5. The number of hydrogen-bond donors (Lipinski definition) is 3. The van der Waals surface area contributed by atoms with Crippen molar-refractivity contribution in [2.45, 2.75) is 24.8 Å². The van der Waals surface area contributed by atoms with Crippen LogP contribution in [0.4, 0.5) is 11.4 Å². The van der Waals surface area contributed by atoms with Crippen LogP contribution in [0, 0.1) is 6.92 Å². The third-order valence-corrected chi connectivity index (χ3v) is 7.57. The number of aryl methyl sites for hydroxylation is 1. The minimum absolute atomic E-state index is 0.0519. The van der Waals surface area contributed by atoms with Crippen LogP contribution in [0.3, 0.4) is 0 Å². The fourth-order valence-electron chi connectivity index (χ4n) is 3.74. The monoisotopic (exact) mass is 547 g/mol. The van der Waals surface area contributed by atoms with Gasteiger partial charge in [0.2, 0.25) is 0 Å². The van der Waals surface area contributed by atoms with Gasteiger partial charge in [-0.3, -0.25) is 14.3 Å². The zero-order valence-corrected chi connectivity index (χ0v) is 22.3. The predicted octanol–water partition coefficient (Wildman–Crippen LogP) is 6.19. The quantitative estimate of drug-likeness (QED) is 0.244. The molecule has 0 heterocycles. The number of carbonyl (C=O) groups excluding carboxylic acids is 2. The van der Waals surface area contributed by atoms with E-state index in [1.807, 2.05) is 44.2 Å². The van der Waals surface area contributed by atoms with Gasteiger partial charge >= 0.3 is 0 Å². The molecule has 2 amide bonds. The number of halogens is 1. The number of hydrogen-bond acceptors (Lipinski definition) is 4. The Morgan fingerprint density at radius 1 is 0.789 bits per heavy atom. The average molecular weight is 548 g/mol. The van der Waals surface area contributed by atoms with Crippen LogP contribution >= 0.6 is 11.6 Å². The molecule has 0 aromatic heterocycles. The number of benzene rings is 4. The van der Waals surface area contributed by atoms with Crippen LogP contribution in [-0.2, 0) is 10.0 Å². The first-order valence-electron chi connectivity index (χ1n) is 11.8. The van der Waals surface area contributed by atoms with Crippen molar-refractivity contribution in [1.29, 1.82) is 0 Å². The van der Waals surface area contributed by atoms with E-state index in [-0.39, 0.29) is 33.1 Å². The molecule has 0 aliphatic rings. The Morgan fingerprint density at radius 3 is 2.13 bits per heavy atom. The highest BCUT2D eigenvalue weighted by Crippen LogP contribution is 2.27. The highest BCUT2D eigenvalue weighted by molar-refractivity contribution is 7.92. The van der Waals surface area contributed by atoms with Crippen molar-refractivity contribution < 1.29 is 18.0 Å². The van der Waals surface area contributed by atoms with Gasteiger partial charge < -0.3 is 10.6 Å². The maximum absolute atomic E-state index is 13.0. The van der Waals surface area contributed by atoms with E-state index in [2.05, 4.69) is 15.4 Å². The van der Waals surface area contributed by atoms with Crippen molar-refractivity contribution in [3.63, 3.8) is 0 Å². The summed E-state index contributed by atoms with van der Waals surface area (Å²) in [5, 5.41) is 5.75. The Hall–Kier alpha value is -4.14. The third kappa shape index (κ3) is 6.40. The number of para-hydroxylation sites is 1. The molecular weight excluding hydrogens is 522 g/mol. The van der Waals surface area contributed by atoms with E-state index in [0.29, 0.717) is 11.3 Å². The van der Waals surface area contributed by atoms with E-state index < -0.39 is 15.9 Å². The number of amides is 2. The summed E-state index contributed by atoms with van der Waals surface area (Å²) in [6, 6.07) is 26.6. The summed E-state index contributed by atoms with van der Waals surface area (Å²) in [7, 11) is -3.86. The summed E-state index contributed by atoms with van der Waals surface area (Å²) in [5.74, 6) is -0.840. The molecule has 0 unspecified atom stereocenters. The van der Waals surface area contributed by atoms with Gasteiger partial charge in [-0.05, 0) is 61.9 Å². The zero-order chi connectivity index (χ0) is 27.3. The van der Waals surface area contributed by atoms with E-state index in [9.17, 15) is 18.0 Å².